The van der Waals surface area contributed by atoms with Crippen LogP contribution in [0.15, 0.2) is 12.3 Å². The van der Waals surface area contributed by atoms with Crippen molar-refractivity contribution in [3.8, 4) is 0 Å². The Kier molecular flexibility index (Phi) is 1.08. The van der Waals surface area contributed by atoms with Crippen LogP contribution in [0, 0.1) is 0 Å². The highest BCUT2D eigenvalue weighted by molar-refractivity contribution is 5.52. The molecule has 2 aliphatic rings. The lowest BCUT2D eigenvalue weighted by Crippen LogP contribution is -2.03. The molecular formula is C10H12N2. The fraction of sp³-hybridized carbons (Fsp3) is 0.500. The Morgan fingerprint density at radius 1 is 1.33 bits per heavy atom. The fourth-order valence-electron chi connectivity index (χ4n) is 2.83. The number of pyridine rings is 1. The average Bonchev–Trinajstić information content (AvgIpc) is 2.64. The van der Waals surface area contributed by atoms with Crippen LogP contribution in [0.3, 0.4) is 0 Å². The molecule has 2 atom stereocenters. The standard InChI is InChI=1S/C10H12N2/c11-10-9-7-2-1-6(5-7)8(9)3-4-12-10/h3-4,6-7H,1-2,5H2,(H2,11,12)/t6-,7+/m0/s1. The van der Waals surface area contributed by atoms with Gasteiger partial charge in [0.1, 0.15) is 5.82 Å². The lowest BCUT2D eigenvalue weighted by Gasteiger charge is -2.15. The van der Waals surface area contributed by atoms with Gasteiger partial charge in [0.25, 0.3) is 0 Å². The molecule has 0 spiro atoms. The third-order valence-electron chi connectivity index (χ3n) is 3.34. The molecule has 0 amide bonds. The van der Waals surface area contributed by atoms with Gasteiger partial charge in [-0.15, -0.1) is 0 Å². The molecule has 3 rings (SSSR count). The number of hydrogen-bond donors (Lipinski definition) is 1. The van der Waals surface area contributed by atoms with E-state index in [9.17, 15) is 0 Å². The smallest absolute Gasteiger partial charge is 0.127 e. The minimum Gasteiger partial charge on any atom is -0.383 e. The zero-order chi connectivity index (χ0) is 8.13. The largest absolute Gasteiger partial charge is 0.383 e. The second-order valence-electron chi connectivity index (χ2n) is 3.91. The summed E-state index contributed by atoms with van der Waals surface area (Å²) in [5.74, 6) is 2.31. The van der Waals surface area contributed by atoms with Gasteiger partial charge in [-0.1, -0.05) is 0 Å². The Hall–Kier alpha value is -1.05. The van der Waals surface area contributed by atoms with Gasteiger partial charge in [-0.05, 0) is 42.7 Å². The van der Waals surface area contributed by atoms with E-state index >= 15 is 0 Å². The van der Waals surface area contributed by atoms with Crippen LogP contribution in [0.5, 0.6) is 0 Å². The topological polar surface area (TPSA) is 38.9 Å². The zero-order valence-electron chi connectivity index (χ0n) is 6.96. The summed E-state index contributed by atoms with van der Waals surface area (Å²) in [4.78, 5) is 4.15. The molecule has 2 heteroatoms. The minimum atomic E-state index is 0.735. The zero-order valence-corrected chi connectivity index (χ0v) is 6.96. The van der Waals surface area contributed by atoms with E-state index in [0.29, 0.717) is 0 Å². The normalized spacial score (nSPS) is 30.7. The van der Waals surface area contributed by atoms with Crippen LogP contribution in [0.4, 0.5) is 5.82 Å². The molecule has 62 valence electrons. The fourth-order valence-corrected chi connectivity index (χ4v) is 2.83. The number of aromatic nitrogens is 1. The maximum atomic E-state index is 5.85. The van der Waals surface area contributed by atoms with Crippen LogP contribution < -0.4 is 5.73 Å². The number of nitrogens with zero attached hydrogens (tertiary/aromatic N) is 1. The van der Waals surface area contributed by atoms with Crippen molar-refractivity contribution < 1.29 is 0 Å². The van der Waals surface area contributed by atoms with Crippen LogP contribution in [0.1, 0.15) is 42.2 Å². The Bertz CT molecular complexity index is 333. The highest BCUT2D eigenvalue weighted by Crippen LogP contribution is 2.54. The Balaban J connectivity index is 2.26. The van der Waals surface area contributed by atoms with Gasteiger partial charge in [-0.25, -0.2) is 4.98 Å². The van der Waals surface area contributed by atoms with Crippen molar-refractivity contribution in [1.82, 2.24) is 4.98 Å². The lowest BCUT2D eigenvalue weighted by molar-refractivity contribution is 0.716. The second kappa shape index (κ2) is 2.00. The summed E-state index contributed by atoms with van der Waals surface area (Å²) in [6.07, 6.45) is 5.86. The molecule has 1 aromatic rings. The molecule has 0 unspecified atom stereocenters. The monoisotopic (exact) mass is 160 g/mol. The summed E-state index contributed by atoms with van der Waals surface area (Å²) in [6.45, 7) is 0. The minimum absolute atomic E-state index is 0.735. The van der Waals surface area contributed by atoms with Crippen molar-refractivity contribution in [1.29, 1.82) is 0 Å². The van der Waals surface area contributed by atoms with E-state index in [1.165, 1.54) is 30.4 Å². The molecule has 0 aliphatic heterocycles. The number of hydrogen-bond acceptors (Lipinski definition) is 2. The summed E-state index contributed by atoms with van der Waals surface area (Å²) in [5.41, 5.74) is 8.70. The van der Waals surface area contributed by atoms with Gasteiger partial charge in [0, 0.05) is 11.8 Å². The number of anilines is 1. The Morgan fingerprint density at radius 2 is 2.17 bits per heavy atom. The SMILES string of the molecule is Nc1nccc2c1[C@@H]1CC[C@H]2C1. The van der Waals surface area contributed by atoms with Crippen LogP contribution >= 0.6 is 0 Å². The molecule has 2 aliphatic carbocycles. The Labute approximate surface area is 71.8 Å². The molecule has 1 fully saturated rings. The van der Waals surface area contributed by atoms with E-state index in [1.807, 2.05) is 6.20 Å². The van der Waals surface area contributed by atoms with E-state index < -0.39 is 0 Å². The molecule has 2 bridgehead atoms. The van der Waals surface area contributed by atoms with E-state index in [2.05, 4.69) is 11.1 Å². The molecule has 12 heavy (non-hydrogen) atoms. The summed E-state index contributed by atoms with van der Waals surface area (Å²) in [5, 5.41) is 0. The summed E-state index contributed by atoms with van der Waals surface area (Å²) >= 11 is 0. The second-order valence-corrected chi connectivity index (χ2v) is 3.91. The van der Waals surface area contributed by atoms with Crippen LogP contribution in [0.2, 0.25) is 0 Å². The number of rotatable bonds is 0. The molecule has 1 heterocycles. The Morgan fingerprint density at radius 3 is 3.00 bits per heavy atom. The number of nitrogen functional groups attached to an aromatic ring is 1. The predicted molar refractivity (Wildman–Crippen MR) is 48.0 cm³/mol. The van der Waals surface area contributed by atoms with Crippen LogP contribution in [-0.2, 0) is 0 Å². The maximum absolute atomic E-state index is 5.85. The van der Waals surface area contributed by atoms with Gasteiger partial charge in [0.2, 0.25) is 0 Å². The summed E-state index contributed by atoms with van der Waals surface area (Å²) in [7, 11) is 0. The average molecular weight is 160 g/mol. The molecule has 1 aromatic heterocycles. The summed E-state index contributed by atoms with van der Waals surface area (Å²) in [6, 6.07) is 2.15. The van der Waals surface area contributed by atoms with Crippen molar-refractivity contribution in [2.75, 3.05) is 5.73 Å². The molecule has 1 saturated carbocycles. The lowest BCUT2D eigenvalue weighted by atomic mass is 9.93. The molecule has 0 saturated heterocycles. The van der Waals surface area contributed by atoms with E-state index in [0.717, 1.165) is 17.7 Å². The van der Waals surface area contributed by atoms with E-state index in [4.69, 9.17) is 5.73 Å². The molecule has 2 N–H and O–H groups in total. The summed E-state index contributed by atoms with van der Waals surface area (Å²) < 4.78 is 0. The first-order valence-electron chi connectivity index (χ1n) is 4.60. The van der Waals surface area contributed by atoms with E-state index in [1.54, 1.807) is 0 Å². The van der Waals surface area contributed by atoms with Gasteiger partial charge in [0.05, 0.1) is 0 Å². The predicted octanol–water partition coefficient (Wildman–Crippen LogP) is 2.03. The molecular weight excluding hydrogens is 148 g/mol. The van der Waals surface area contributed by atoms with Gasteiger partial charge < -0.3 is 5.73 Å². The molecule has 0 radical (unpaired) electrons. The van der Waals surface area contributed by atoms with Gasteiger partial charge in [-0.3, -0.25) is 0 Å². The van der Waals surface area contributed by atoms with Crippen molar-refractivity contribution >= 4 is 5.82 Å². The van der Waals surface area contributed by atoms with Crippen molar-refractivity contribution in [3.05, 3.63) is 23.4 Å². The van der Waals surface area contributed by atoms with Gasteiger partial charge in [-0.2, -0.15) is 0 Å². The molecule has 2 nitrogen and oxygen atoms in total. The van der Waals surface area contributed by atoms with Crippen LogP contribution in [0.25, 0.3) is 0 Å². The first-order valence-corrected chi connectivity index (χ1v) is 4.60. The van der Waals surface area contributed by atoms with Gasteiger partial charge >= 0.3 is 0 Å². The van der Waals surface area contributed by atoms with Crippen molar-refractivity contribution in [3.63, 3.8) is 0 Å². The van der Waals surface area contributed by atoms with Crippen molar-refractivity contribution in [2.24, 2.45) is 0 Å². The highest BCUT2D eigenvalue weighted by atomic mass is 14.8. The first-order chi connectivity index (χ1) is 5.86. The maximum Gasteiger partial charge on any atom is 0.127 e. The first kappa shape index (κ1) is 6.46. The van der Waals surface area contributed by atoms with Crippen LogP contribution in [-0.4, -0.2) is 4.98 Å². The third-order valence-corrected chi connectivity index (χ3v) is 3.34. The molecule has 0 aromatic carbocycles. The number of fused-ring (bicyclic) bond motifs is 5. The van der Waals surface area contributed by atoms with Crippen molar-refractivity contribution in [2.45, 2.75) is 31.1 Å². The quantitative estimate of drug-likeness (QED) is 0.630. The highest BCUT2D eigenvalue weighted by Gasteiger charge is 2.38. The third kappa shape index (κ3) is 0.631. The van der Waals surface area contributed by atoms with Gasteiger partial charge in [0.15, 0.2) is 0 Å². The number of nitrogens with two attached hydrogens (primary N) is 1. The van der Waals surface area contributed by atoms with E-state index in [-0.39, 0.29) is 0 Å².